The number of allylic oxidation sites excluding steroid dienone is 2. The van der Waals surface area contributed by atoms with Gasteiger partial charge in [-0.2, -0.15) is 5.10 Å². The SMILES string of the molecule is CNC(=O)c1ccc(NC2N=C(c3cncn3C)C=C(/C=N/N(C)C(N)=S)N2)cc1. The van der Waals surface area contributed by atoms with Crippen molar-refractivity contribution in [2.75, 3.05) is 19.4 Å². The van der Waals surface area contributed by atoms with Gasteiger partial charge >= 0.3 is 0 Å². The van der Waals surface area contributed by atoms with E-state index in [4.69, 9.17) is 22.9 Å². The van der Waals surface area contributed by atoms with Gasteiger partial charge in [0.1, 0.15) is 0 Å². The molecule has 1 aliphatic rings. The second kappa shape index (κ2) is 9.18. The van der Waals surface area contributed by atoms with Crippen molar-refractivity contribution >= 4 is 40.9 Å². The molecule has 11 heteroatoms. The van der Waals surface area contributed by atoms with E-state index in [1.54, 1.807) is 45.0 Å². The second-order valence-electron chi connectivity index (χ2n) is 6.46. The Balaban J connectivity index is 1.84. The number of nitrogens with one attached hydrogen (secondary N) is 3. The minimum absolute atomic E-state index is 0.141. The van der Waals surface area contributed by atoms with Crippen LogP contribution in [0.25, 0.3) is 0 Å². The van der Waals surface area contributed by atoms with E-state index in [1.807, 2.05) is 29.8 Å². The number of hydrazone groups is 1. The molecule has 0 aliphatic carbocycles. The number of nitrogens with zero attached hydrogens (tertiary/aromatic N) is 5. The van der Waals surface area contributed by atoms with Crippen LogP contribution in [0, 0.1) is 0 Å². The van der Waals surface area contributed by atoms with Crippen LogP contribution in [0.3, 0.4) is 0 Å². The summed E-state index contributed by atoms with van der Waals surface area (Å²) in [5.74, 6) is -0.141. The zero-order valence-corrected chi connectivity index (χ0v) is 17.6. The number of imidazole rings is 1. The third-order valence-electron chi connectivity index (χ3n) is 4.31. The summed E-state index contributed by atoms with van der Waals surface area (Å²) in [5, 5.41) is 14.9. The molecular formula is C19H23N9OS. The second-order valence-corrected chi connectivity index (χ2v) is 6.88. The summed E-state index contributed by atoms with van der Waals surface area (Å²) in [5.41, 5.74) is 9.25. The van der Waals surface area contributed by atoms with Crippen LogP contribution in [-0.2, 0) is 7.05 Å². The molecule has 3 rings (SSSR count). The average Bonchev–Trinajstić information content (AvgIpc) is 3.17. The number of aryl methyl sites for hydroxylation is 1. The van der Waals surface area contributed by atoms with Crippen LogP contribution >= 0.6 is 12.2 Å². The monoisotopic (exact) mass is 425 g/mol. The van der Waals surface area contributed by atoms with Gasteiger partial charge in [-0.25, -0.2) is 15.0 Å². The van der Waals surface area contributed by atoms with Crippen molar-refractivity contribution in [3.63, 3.8) is 0 Å². The van der Waals surface area contributed by atoms with Crippen molar-refractivity contribution in [1.82, 2.24) is 25.2 Å². The quantitative estimate of drug-likeness (QED) is 0.304. The summed E-state index contributed by atoms with van der Waals surface area (Å²) in [6.45, 7) is 0. The minimum Gasteiger partial charge on any atom is -0.375 e. The molecule has 0 saturated carbocycles. The van der Waals surface area contributed by atoms with E-state index in [9.17, 15) is 4.79 Å². The number of aromatic nitrogens is 2. The molecule has 1 unspecified atom stereocenters. The van der Waals surface area contributed by atoms with Crippen LogP contribution in [0.4, 0.5) is 5.69 Å². The predicted octanol–water partition coefficient (Wildman–Crippen LogP) is 0.613. The van der Waals surface area contributed by atoms with Gasteiger partial charge in [-0.15, -0.1) is 0 Å². The van der Waals surface area contributed by atoms with E-state index < -0.39 is 6.29 Å². The van der Waals surface area contributed by atoms with E-state index in [1.165, 1.54) is 5.01 Å². The molecule has 0 fully saturated rings. The molecule has 5 N–H and O–H groups in total. The molecule has 1 aromatic heterocycles. The van der Waals surface area contributed by atoms with Gasteiger partial charge in [0.2, 0.25) is 0 Å². The predicted molar refractivity (Wildman–Crippen MR) is 121 cm³/mol. The first-order valence-corrected chi connectivity index (χ1v) is 9.46. The largest absolute Gasteiger partial charge is 0.375 e. The highest BCUT2D eigenvalue weighted by atomic mass is 32.1. The van der Waals surface area contributed by atoms with Gasteiger partial charge in [-0.3, -0.25) is 4.79 Å². The highest BCUT2D eigenvalue weighted by Gasteiger charge is 2.18. The highest BCUT2D eigenvalue weighted by Crippen LogP contribution is 2.15. The number of aliphatic imine (C=N–C) groups is 1. The fourth-order valence-corrected chi connectivity index (χ4v) is 2.72. The molecule has 1 aliphatic heterocycles. The lowest BCUT2D eigenvalue weighted by Gasteiger charge is -2.24. The number of hydrogen-bond donors (Lipinski definition) is 4. The topological polar surface area (TPSA) is 125 Å². The summed E-state index contributed by atoms with van der Waals surface area (Å²) in [6.07, 6.45) is 6.46. The average molecular weight is 426 g/mol. The van der Waals surface area contributed by atoms with E-state index in [0.717, 1.165) is 17.1 Å². The maximum atomic E-state index is 11.7. The number of carbonyl (C=O) groups is 1. The van der Waals surface area contributed by atoms with Gasteiger partial charge in [0.15, 0.2) is 11.4 Å². The molecule has 0 radical (unpaired) electrons. The van der Waals surface area contributed by atoms with Crippen molar-refractivity contribution in [2.45, 2.75) is 6.29 Å². The summed E-state index contributed by atoms with van der Waals surface area (Å²) in [4.78, 5) is 20.6. The van der Waals surface area contributed by atoms with E-state index in [2.05, 4.69) is 26.0 Å². The van der Waals surface area contributed by atoms with E-state index >= 15 is 0 Å². The molecule has 156 valence electrons. The Hall–Kier alpha value is -3.73. The number of thiocarbonyl (C=S) groups is 1. The number of nitrogens with two attached hydrogens (primary N) is 1. The van der Waals surface area contributed by atoms with Gasteiger partial charge in [0, 0.05) is 32.4 Å². The highest BCUT2D eigenvalue weighted by molar-refractivity contribution is 7.80. The van der Waals surface area contributed by atoms with Crippen LogP contribution in [0.15, 0.2) is 58.7 Å². The third kappa shape index (κ3) is 5.00. The summed E-state index contributed by atoms with van der Waals surface area (Å²) < 4.78 is 1.88. The molecule has 10 nitrogen and oxygen atoms in total. The molecule has 2 heterocycles. The van der Waals surface area contributed by atoms with Crippen LogP contribution in [-0.4, -0.2) is 57.9 Å². The standard InChI is InChI=1S/C19H23N9OS/c1-21-17(29)12-4-6-13(7-5-12)24-19-25-14(9-23-28(3)18(20)30)8-15(26-19)16-10-22-11-27(16)2/h4-11,19,24-25H,1-3H3,(H2,20,30)(H,21,29)/b23-9+. The Labute approximate surface area is 179 Å². The van der Waals surface area contributed by atoms with Gasteiger partial charge in [0.25, 0.3) is 5.91 Å². The molecule has 1 aromatic carbocycles. The lowest BCUT2D eigenvalue weighted by molar-refractivity contribution is 0.0963. The van der Waals surface area contributed by atoms with Gasteiger partial charge in [-0.1, -0.05) is 0 Å². The normalized spacial score (nSPS) is 15.8. The van der Waals surface area contributed by atoms with Crippen molar-refractivity contribution in [3.05, 3.63) is 59.8 Å². The lowest BCUT2D eigenvalue weighted by atomic mass is 10.2. The first kappa shape index (κ1) is 21.0. The number of rotatable bonds is 6. The number of benzene rings is 1. The van der Waals surface area contributed by atoms with E-state index in [0.29, 0.717) is 11.3 Å². The van der Waals surface area contributed by atoms with Crippen LogP contribution < -0.4 is 21.7 Å². The van der Waals surface area contributed by atoms with Gasteiger partial charge < -0.3 is 26.3 Å². The molecule has 0 bridgehead atoms. The fraction of sp³-hybridized carbons (Fsp3) is 0.211. The number of anilines is 1. The van der Waals surface area contributed by atoms with Crippen molar-refractivity contribution in [1.29, 1.82) is 0 Å². The van der Waals surface area contributed by atoms with E-state index in [-0.39, 0.29) is 11.0 Å². The van der Waals surface area contributed by atoms with Crippen molar-refractivity contribution in [2.24, 2.45) is 22.9 Å². The van der Waals surface area contributed by atoms with Gasteiger partial charge in [0.05, 0.1) is 35.8 Å². The molecule has 2 aromatic rings. The maximum Gasteiger partial charge on any atom is 0.251 e. The number of carbonyl (C=O) groups excluding carboxylic acids is 1. The fourth-order valence-electron chi connectivity index (χ4n) is 2.67. The Morgan fingerprint density at radius 1 is 1.40 bits per heavy atom. The van der Waals surface area contributed by atoms with Crippen molar-refractivity contribution in [3.8, 4) is 0 Å². The minimum atomic E-state index is -0.470. The van der Waals surface area contributed by atoms with Crippen LogP contribution in [0.2, 0.25) is 0 Å². The number of amides is 1. The molecule has 0 saturated heterocycles. The maximum absolute atomic E-state index is 11.7. The molecule has 0 spiro atoms. The lowest BCUT2D eigenvalue weighted by Crippen LogP contribution is -2.39. The Morgan fingerprint density at radius 3 is 2.73 bits per heavy atom. The molecular weight excluding hydrogens is 402 g/mol. The number of hydrogen-bond acceptors (Lipinski definition) is 7. The Bertz CT molecular complexity index is 1020. The van der Waals surface area contributed by atoms with Crippen LogP contribution in [0.1, 0.15) is 16.1 Å². The summed E-state index contributed by atoms with van der Waals surface area (Å²) >= 11 is 4.91. The Morgan fingerprint density at radius 2 is 2.13 bits per heavy atom. The zero-order chi connectivity index (χ0) is 21.7. The third-order valence-corrected chi connectivity index (χ3v) is 4.57. The molecule has 1 amide bonds. The first-order valence-electron chi connectivity index (χ1n) is 9.06. The Kier molecular flexibility index (Phi) is 6.42. The zero-order valence-electron chi connectivity index (χ0n) is 16.8. The molecule has 1 atom stereocenters. The molecule has 30 heavy (non-hydrogen) atoms. The van der Waals surface area contributed by atoms with Gasteiger partial charge in [-0.05, 0) is 42.6 Å². The summed E-state index contributed by atoms with van der Waals surface area (Å²) in [6, 6.07) is 7.12. The first-order chi connectivity index (χ1) is 14.4. The smallest absolute Gasteiger partial charge is 0.251 e. The van der Waals surface area contributed by atoms with Crippen molar-refractivity contribution < 1.29 is 4.79 Å². The summed E-state index contributed by atoms with van der Waals surface area (Å²) in [7, 11) is 5.16. The van der Waals surface area contributed by atoms with Crippen LogP contribution in [0.5, 0.6) is 0 Å².